The van der Waals surface area contributed by atoms with Crippen molar-refractivity contribution in [2.24, 2.45) is 0 Å². The first-order chi connectivity index (χ1) is 17.5. The van der Waals surface area contributed by atoms with Crippen molar-refractivity contribution in [3.63, 3.8) is 0 Å². The first-order valence-corrected chi connectivity index (χ1v) is 14.0. The number of carbonyl (C=O) groups excluding carboxylic acids is 3. The van der Waals surface area contributed by atoms with Crippen molar-refractivity contribution in [2.75, 3.05) is 24.2 Å². The number of halogens is 2. The van der Waals surface area contributed by atoms with Crippen molar-refractivity contribution in [1.29, 1.82) is 0 Å². The van der Waals surface area contributed by atoms with Crippen molar-refractivity contribution >= 4 is 33.1 Å². The van der Waals surface area contributed by atoms with Gasteiger partial charge in [-0.15, -0.1) is 0 Å². The fourth-order valence-corrected chi connectivity index (χ4v) is 5.88. The van der Waals surface area contributed by atoms with Crippen LogP contribution in [0.4, 0.5) is 14.5 Å². The number of amides is 2. The van der Waals surface area contributed by atoms with Gasteiger partial charge in [-0.25, -0.2) is 17.2 Å². The van der Waals surface area contributed by atoms with E-state index in [0.717, 1.165) is 37.7 Å². The number of hydrogen-bond acceptors (Lipinski definition) is 6. The van der Waals surface area contributed by atoms with Crippen LogP contribution < -0.4 is 15.5 Å². The number of piperidine rings is 1. The van der Waals surface area contributed by atoms with Crippen molar-refractivity contribution in [3.8, 4) is 0 Å². The topological polar surface area (TPSA) is 113 Å². The maximum Gasteiger partial charge on any atom is 0.252 e. The molecule has 0 bridgehead atoms. The van der Waals surface area contributed by atoms with Gasteiger partial charge < -0.3 is 15.5 Å². The van der Waals surface area contributed by atoms with Gasteiger partial charge in [0.25, 0.3) is 5.91 Å². The molecule has 1 saturated heterocycles. The molecule has 0 radical (unpaired) electrons. The fourth-order valence-electron chi connectivity index (χ4n) is 4.98. The second kappa shape index (κ2) is 10.6. The minimum Gasteiger partial charge on any atom is -0.363 e. The largest absolute Gasteiger partial charge is 0.363 e. The lowest BCUT2D eigenvalue weighted by atomic mass is 9.80. The van der Waals surface area contributed by atoms with E-state index in [-0.39, 0.29) is 41.4 Å². The third-order valence-corrected chi connectivity index (χ3v) is 8.12. The Morgan fingerprint density at radius 2 is 1.65 bits per heavy atom. The van der Waals surface area contributed by atoms with E-state index in [9.17, 15) is 31.6 Å². The van der Waals surface area contributed by atoms with E-state index in [1.807, 2.05) is 0 Å². The smallest absolute Gasteiger partial charge is 0.252 e. The molecule has 1 unspecified atom stereocenters. The Morgan fingerprint density at radius 1 is 1.00 bits per heavy atom. The van der Waals surface area contributed by atoms with E-state index < -0.39 is 44.9 Å². The summed E-state index contributed by atoms with van der Waals surface area (Å²) in [6, 6.07) is 7.62. The normalized spacial score (nSPS) is 19.8. The van der Waals surface area contributed by atoms with Gasteiger partial charge in [0.15, 0.2) is 15.6 Å². The molecule has 1 atom stereocenters. The Kier molecular flexibility index (Phi) is 7.63. The zero-order valence-corrected chi connectivity index (χ0v) is 21.2. The third-order valence-electron chi connectivity index (χ3n) is 6.99. The number of nitrogens with one attached hydrogen (secondary N) is 2. The predicted octanol–water partition coefficient (Wildman–Crippen LogP) is 2.77. The number of Topliss-reactive ketones (excluding diaryl/α,β-unsaturated/α-hetero) is 1. The summed E-state index contributed by atoms with van der Waals surface area (Å²) in [4.78, 5) is 40.7. The molecule has 37 heavy (non-hydrogen) atoms. The van der Waals surface area contributed by atoms with Gasteiger partial charge in [0.2, 0.25) is 5.91 Å². The van der Waals surface area contributed by atoms with Crippen molar-refractivity contribution < 1.29 is 31.6 Å². The standard InChI is InChI=1S/C26H29F2N3O5S/c1-37(35,36)23-15-19(28)9-10-21(23)31-14-11-20(22(32)16-31)29-25(34)26(12-3-2-4-13-26)30-24(33)17-5-7-18(27)8-6-17/h5-10,15,20H,2-4,11-14,16H2,1H3,(H,29,34)(H,30,33). The molecular weight excluding hydrogens is 504 g/mol. The molecule has 4 rings (SSSR count). The number of rotatable bonds is 6. The highest BCUT2D eigenvalue weighted by Crippen LogP contribution is 2.31. The molecule has 2 N–H and O–H groups in total. The zero-order chi connectivity index (χ0) is 26.8. The molecule has 11 heteroatoms. The molecule has 2 aliphatic rings. The SMILES string of the molecule is CS(=O)(=O)c1cc(F)ccc1N1CCC(NC(=O)C2(NC(=O)c3ccc(F)cc3)CCCCC2)C(=O)C1. The maximum absolute atomic E-state index is 13.7. The van der Waals surface area contributed by atoms with E-state index in [1.54, 1.807) is 4.90 Å². The molecule has 0 spiro atoms. The van der Waals surface area contributed by atoms with Crippen LogP contribution in [0.5, 0.6) is 0 Å². The van der Waals surface area contributed by atoms with Crippen molar-refractivity contribution in [1.82, 2.24) is 10.6 Å². The van der Waals surface area contributed by atoms with Crippen LogP contribution in [0.2, 0.25) is 0 Å². The summed E-state index contributed by atoms with van der Waals surface area (Å²) in [5, 5.41) is 5.64. The second-order valence-corrected chi connectivity index (χ2v) is 11.7. The third kappa shape index (κ3) is 5.98. The van der Waals surface area contributed by atoms with E-state index in [2.05, 4.69) is 10.6 Å². The Morgan fingerprint density at radius 3 is 2.27 bits per heavy atom. The minimum absolute atomic E-state index is 0.159. The monoisotopic (exact) mass is 533 g/mol. The van der Waals surface area contributed by atoms with Crippen LogP contribution >= 0.6 is 0 Å². The number of benzene rings is 2. The van der Waals surface area contributed by atoms with E-state index in [1.165, 1.54) is 30.3 Å². The molecule has 1 heterocycles. The summed E-state index contributed by atoms with van der Waals surface area (Å²) >= 11 is 0. The highest BCUT2D eigenvalue weighted by molar-refractivity contribution is 7.90. The number of anilines is 1. The Labute approximate surface area is 214 Å². The van der Waals surface area contributed by atoms with Gasteiger partial charge in [-0.3, -0.25) is 14.4 Å². The molecular formula is C26H29F2N3O5S. The number of ketones is 1. The molecule has 1 aliphatic carbocycles. The maximum atomic E-state index is 13.7. The first-order valence-electron chi connectivity index (χ1n) is 12.1. The fraction of sp³-hybridized carbons (Fsp3) is 0.423. The molecule has 1 aliphatic heterocycles. The molecule has 0 aromatic heterocycles. The molecule has 2 aromatic rings. The Balaban J connectivity index is 1.47. The molecule has 8 nitrogen and oxygen atoms in total. The average Bonchev–Trinajstić information content (AvgIpc) is 2.85. The lowest BCUT2D eigenvalue weighted by molar-refractivity contribution is -0.133. The summed E-state index contributed by atoms with van der Waals surface area (Å²) in [5.41, 5.74) is -0.733. The van der Waals surface area contributed by atoms with Gasteiger partial charge >= 0.3 is 0 Å². The summed E-state index contributed by atoms with van der Waals surface area (Å²) in [5.74, 6) is -2.44. The minimum atomic E-state index is -3.74. The van der Waals surface area contributed by atoms with Crippen LogP contribution in [0.25, 0.3) is 0 Å². The molecule has 2 amide bonds. The average molecular weight is 534 g/mol. The molecule has 1 saturated carbocycles. The van der Waals surface area contributed by atoms with E-state index in [4.69, 9.17) is 0 Å². The summed E-state index contributed by atoms with van der Waals surface area (Å²) in [6.45, 7) is 0.105. The van der Waals surface area contributed by atoms with Gasteiger partial charge in [-0.1, -0.05) is 19.3 Å². The second-order valence-electron chi connectivity index (χ2n) is 9.69. The summed E-state index contributed by atoms with van der Waals surface area (Å²) < 4.78 is 51.3. The Bertz CT molecular complexity index is 1310. The molecule has 2 fully saturated rings. The summed E-state index contributed by atoms with van der Waals surface area (Å²) in [7, 11) is -3.74. The van der Waals surface area contributed by atoms with Crippen LogP contribution in [0.1, 0.15) is 48.9 Å². The molecule has 2 aromatic carbocycles. The van der Waals surface area contributed by atoms with Gasteiger partial charge in [-0.05, 0) is 61.7 Å². The van der Waals surface area contributed by atoms with Gasteiger partial charge in [0.05, 0.1) is 23.2 Å². The first kappa shape index (κ1) is 26.7. The van der Waals surface area contributed by atoms with Crippen LogP contribution in [0.15, 0.2) is 47.4 Å². The number of nitrogens with zero attached hydrogens (tertiary/aromatic N) is 1. The van der Waals surface area contributed by atoms with Crippen molar-refractivity contribution in [3.05, 3.63) is 59.7 Å². The van der Waals surface area contributed by atoms with Crippen LogP contribution in [0, 0.1) is 11.6 Å². The number of sulfone groups is 1. The van der Waals surface area contributed by atoms with E-state index in [0.29, 0.717) is 12.8 Å². The van der Waals surface area contributed by atoms with Gasteiger partial charge in [0.1, 0.15) is 17.2 Å². The zero-order valence-electron chi connectivity index (χ0n) is 20.4. The quantitative estimate of drug-likeness (QED) is 0.591. The Hall–Kier alpha value is -3.34. The van der Waals surface area contributed by atoms with Gasteiger partial charge in [-0.2, -0.15) is 0 Å². The highest BCUT2D eigenvalue weighted by Gasteiger charge is 2.43. The highest BCUT2D eigenvalue weighted by atomic mass is 32.2. The summed E-state index contributed by atoms with van der Waals surface area (Å²) in [6.07, 6.45) is 4.37. The number of carbonyl (C=O) groups is 3. The van der Waals surface area contributed by atoms with E-state index >= 15 is 0 Å². The number of hydrogen-bond donors (Lipinski definition) is 2. The molecule has 198 valence electrons. The van der Waals surface area contributed by atoms with Gasteiger partial charge in [0, 0.05) is 18.4 Å². The van der Waals surface area contributed by atoms with Crippen LogP contribution in [-0.4, -0.2) is 56.9 Å². The van der Waals surface area contributed by atoms with Crippen molar-refractivity contribution in [2.45, 2.75) is 55.0 Å². The predicted molar refractivity (Wildman–Crippen MR) is 133 cm³/mol. The van der Waals surface area contributed by atoms with Crippen LogP contribution in [-0.2, 0) is 19.4 Å². The lowest BCUT2D eigenvalue weighted by Gasteiger charge is -2.39. The van der Waals surface area contributed by atoms with Crippen LogP contribution in [0.3, 0.4) is 0 Å². The lowest BCUT2D eigenvalue weighted by Crippen LogP contribution is -2.63.